The first-order valence-corrected chi connectivity index (χ1v) is 8.90. The van der Waals surface area contributed by atoms with Crippen molar-refractivity contribution in [3.05, 3.63) is 53.6 Å². The van der Waals surface area contributed by atoms with Crippen LogP contribution in [0.15, 0.2) is 36.7 Å². The van der Waals surface area contributed by atoms with Crippen LogP contribution in [0.25, 0.3) is 0 Å². The zero-order chi connectivity index (χ0) is 21.2. The quantitative estimate of drug-likeness (QED) is 0.781. The van der Waals surface area contributed by atoms with E-state index in [-0.39, 0.29) is 23.9 Å². The van der Waals surface area contributed by atoms with Crippen molar-refractivity contribution in [1.29, 1.82) is 0 Å². The van der Waals surface area contributed by atoms with Gasteiger partial charge in [-0.25, -0.2) is 9.18 Å². The molecule has 3 rings (SSSR count). The molecule has 0 aliphatic carbocycles. The van der Waals surface area contributed by atoms with E-state index in [1.54, 1.807) is 6.92 Å². The maximum absolute atomic E-state index is 13.6. The van der Waals surface area contributed by atoms with E-state index in [1.807, 2.05) is 4.90 Å². The summed E-state index contributed by atoms with van der Waals surface area (Å²) in [6, 6.07) is 3.74. The molecule has 1 aromatic heterocycles. The molecule has 0 saturated carbocycles. The predicted molar refractivity (Wildman–Crippen MR) is 97.5 cm³/mol. The summed E-state index contributed by atoms with van der Waals surface area (Å²) in [7, 11) is 0. The first-order valence-electron chi connectivity index (χ1n) is 8.90. The molecule has 1 aliphatic rings. The number of piperazine rings is 1. The molecule has 0 radical (unpaired) electrons. The summed E-state index contributed by atoms with van der Waals surface area (Å²) < 4.78 is 57.5. The van der Waals surface area contributed by atoms with Gasteiger partial charge in [-0.2, -0.15) is 13.2 Å². The lowest BCUT2D eigenvalue weighted by molar-refractivity contribution is -0.137. The predicted octanol–water partition coefficient (Wildman–Crippen LogP) is 3.53. The Bertz CT molecular complexity index is 891. The molecule has 2 aromatic rings. The summed E-state index contributed by atoms with van der Waals surface area (Å²) in [5, 5.41) is 0. The maximum atomic E-state index is 13.6. The monoisotopic (exact) mass is 412 g/mol. The fraction of sp³-hybridized carbons (Fsp3) is 0.368. The minimum Gasteiger partial charge on any atom is -0.408 e. The van der Waals surface area contributed by atoms with Crippen LogP contribution in [0.2, 0.25) is 0 Å². The largest absolute Gasteiger partial charge is 0.416 e. The van der Waals surface area contributed by atoms with Gasteiger partial charge >= 0.3 is 12.3 Å². The van der Waals surface area contributed by atoms with Gasteiger partial charge in [0.1, 0.15) is 5.82 Å². The molecule has 0 unspecified atom stereocenters. The third-order valence-electron chi connectivity index (χ3n) is 4.58. The number of anilines is 1. The Morgan fingerprint density at radius 1 is 1.24 bits per heavy atom. The number of rotatable bonds is 3. The number of aromatic nitrogens is 1. The summed E-state index contributed by atoms with van der Waals surface area (Å²) in [6.45, 7) is 3.08. The number of halogens is 4. The van der Waals surface area contributed by atoms with E-state index in [4.69, 9.17) is 10.5 Å². The number of carbonyl (C=O) groups is 1. The van der Waals surface area contributed by atoms with Crippen LogP contribution in [0.4, 0.5) is 28.0 Å². The lowest BCUT2D eigenvalue weighted by Gasteiger charge is -2.39. The Hall–Kier alpha value is -2.88. The van der Waals surface area contributed by atoms with E-state index >= 15 is 0 Å². The van der Waals surface area contributed by atoms with Crippen LogP contribution in [-0.2, 0) is 12.7 Å². The van der Waals surface area contributed by atoms with Crippen LogP contribution in [0.3, 0.4) is 0 Å². The molecule has 1 saturated heterocycles. The Morgan fingerprint density at radius 3 is 2.66 bits per heavy atom. The molecule has 2 N–H and O–H groups in total. The van der Waals surface area contributed by atoms with Gasteiger partial charge < -0.3 is 15.4 Å². The number of hydrogen-bond acceptors (Lipinski definition) is 5. The lowest BCUT2D eigenvalue weighted by Crippen LogP contribution is -2.54. The number of carbonyl (C=O) groups excluding carboxylic acids is 1. The standard InChI is InChI=1S/C19H20F4N4O2/c1-12-10-26(11-13-4-14(19(21,22)23)6-15(20)5-13)2-3-27(12)18(28)29-17-7-16(24)8-25-9-17/h4-9,12H,2-3,10-11,24H2,1H3/t12-/m1/s1. The first kappa shape index (κ1) is 20.8. The van der Waals surface area contributed by atoms with Crippen LogP contribution in [0, 0.1) is 5.82 Å². The average molecular weight is 412 g/mol. The van der Waals surface area contributed by atoms with Crippen molar-refractivity contribution in [2.75, 3.05) is 25.4 Å². The molecule has 1 atom stereocenters. The minimum atomic E-state index is -4.61. The number of pyridine rings is 1. The van der Waals surface area contributed by atoms with E-state index < -0.39 is 23.7 Å². The molecular formula is C19H20F4N4O2. The van der Waals surface area contributed by atoms with Gasteiger partial charge in [0.05, 0.1) is 23.6 Å². The van der Waals surface area contributed by atoms with E-state index in [0.29, 0.717) is 31.4 Å². The van der Waals surface area contributed by atoms with Crippen LogP contribution < -0.4 is 10.5 Å². The SMILES string of the molecule is C[C@@H]1CN(Cc2cc(F)cc(C(F)(F)F)c2)CCN1C(=O)Oc1cncc(N)c1. The van der Waals surface area contributed by atoms with Gasteiger partial charge in [-0.3, -0.25) is 9.88 Å². The number of benzene rings is 1. The highest BCUT2D eigenvalue weighted by atomic mass is 19.4. The van der Waals surface area contributed by atoms with Gasteiger partial charge in [0, 0.05) is 38.3 Å². The average Bonchev–Trinajstić information content (AvgIpc) is 2.60. The molecule has 1 aliphatic heterocycles. The number of nitrogens with two attached hydrogens (primary N) is 1. The highest BCUT2D eigenvalue weighted by molar-refractivity contribution is 5.71. The van der Waals surface area contributed by atoms with E-state index in [1.165, 1.54) is 23.4 Å². The van der Waals surface area contributed by atoms with Crippen molar-refractivity contribution < 1.29 is 27.1 Å². The molecule has 10 heteroatoms. The molecule has 0 bridgehead atoms. The van der Waals surface area contributed by atoms with Crippen molar-refractivity contribution in [3.8, 4) is 5.75 Å². The molecule has 6 nitrogen and oxygen atoms in total. The molecule has 1 amide bonds. The summed E-state index contributed by atoms with van der Waals surface area (Å²) in [5.41, 5.74) is 5.18. The zero-order valence-corrected chi connectivity index (χ0v) is 15.6. The lowest BCUT2D eigenvalue weighted by atomic mass is 10.1. The van der Waals surface area contributed by atoms with Gasteiger partial charge in [0.15, 0.2) is 5.75 Å². The highest BCUT2D eigenvalue weighted by Crippen LogP contribution is 2.31. The fourth-order valence-corrected chi connectivity index (χ4v) is 3.26. The summed E-state index contributed by atoms with van der Waals surface area (Å²) >= 11 is 0. The molecule has 156 valence electrons. The third kappa shape index (κ3) is 5.35. The molecule has 29 heavy (non-hydrogen) atoms. The third-order valence-corrected chi connectivity index (χ3v) is 4.58. The van der Waals surface area contributed by atoms with Crippen molar-refractivity contribution >= 4 is 11.8 Å². The smallest absolute Gasteiger partial charge is 0.408 e. The van der Waals surface area contributed by atoms with Gasteiger partial charge in [-0.15, -0.1) is 0 Å². The molecule has 1 fully saturated rings. The second kappa shape index (κ2) is 8.24. The Morgan fingerprint density at radius 2 is 2.00 bits per heavy atom. The normalized spacial score (nSPS) is 18.0. The Kier molecular flexibility index (Phi) is 5.92. The number of ether oxygens (including phenoxy) is 1. The Labute approximate surface area is 164 Å². The van der Waals surface area contributed by atoms with Crippen molar-refractivity contribution in [3.63, 3.8) is 0 Å². The Balaban J connectivity index is 1.61. The summed E-state index contributed by atoms with van der Waals surface area (Å²) in [6.07, 6.45) is -2.37. The van der Waals surface area contributed by atoms with E-state index in [0.717, 1.165) is 12.1 Å². The molecule has 1 aromatic carbocycles. The number of nitrogens with zero attached hydrogens (tertiary/aromatic N) is 3. The van der Waals surface area contributed by atoms with Crippen LogP contribution in [0.1, 0.15) is 18.1 Å². The highest BCUT2D eigenvalue weighted by Gasteiger charge is 2.32. The van der Waals surface area contributed by atoms with Crippen LogP contribution in [-0.4, -0.2) is 46.6 Å². The van der Waals surface area contributed by atoms with E-state index in [9.17, 15) is 22.4 Å². The summed E-state index contributed by atoms with van der Waals surface area (Å²) in [4.78, 5) is 19.6. The maximum Gasteiger partial charge on any atom is 0.416 e. The minimum absolute atomic E-state index is 0.146. The van der Waals surface area contributed by atoms with Crippen LogP contribution in [0.5, 0.6) is 5.75 Å². The van der Waals surface area contributed by atoms with E-state index in [2.05, 4.69) is 4.98 Å². The van der Waals surface area contributed by atoms with Gasteiger partial charge in [0.25, 0.3) is 0 Å². The van der Waals surface area contributed by atoms with Gasteiger partial charge in [0.2, 0.25) is 0 Å². The van der Waals surface area contributed by atoms with Crippen molar-refractivity contribution in [1.82, 2.24) is 14.8 Å². The molecule has 0 spiro atoms. The zero-order valence-electron chi connectivity index (χ0n) is 15.6. The fourth-order valence-electron chi connectivity index (χ4n) is 3.26. The van der Waals surface area contributed by atoms with Crippen LogP contribution >= 0.6 is 0 Å². The summed E-state index contributed by atoms with van der Waals surface area (Å²) in [5.74, 6) is -0.704. The number of hydrogen-bond donors (Lipinski definition) is 1. The molecular weight excluding hydrogens is 392 g/mol. The van der Waals surface area contributed by atoms with Crippen molar-refractivity contribution in [2.45, 2.75) is 25.7 Å². The number of amides is 1. The van der Waals surface area contributed by atoms with Gasteiger partial charge in [-0.05, 0) is 30.7 Å². The number of nitrogen functional groups attached to an aromatic ring is 1. The molecule has 2 heterocycles. The topological polar surface area (TPSA) is 71.7 Å². The first-order chi connectivity index (χ1) is 13.6. The van der Waals surface area contributed by atoms with Crippen molar-refractivity contribution in [2.24, 2.45) is 0 Å². The van der Waals surface area contributed by atoms with Gasteiger partial charge in [-0.1, -0.05) is 0 Å². The second-order valence-electron chi connectivity index (χ2n) is 6.95. The second-order valence-corrected chi connectivity index (χ2v) is 6.95. The number of alkyl halides is 3.